The van der Waals surface area contributed by atoms with Crippen LogP contribution in [0.25, 0.3) is 0 Å². The largest absolute Gasteiger partial charge is 0.469 e. The Hall–Kier alpha value is -1.98. The smallest absolute Gasteiger partial charge is 0.305 e. The number of aliphatic hydroxyl groups excluding tert-OH is 1. The maximum absolute atomic E-state index is 13.6. The monoisotopic (exact) mass is 458 g/mol. The molecule has 5 heteroatoms. The van der Waals surface area contributed by atoms with E-state index in [1.165, 1.54) is 19.2 Å². The fourth-order valence-electron chi connectivity index (χ4n) is 5.49. The molecule has 0 amide bonds. The van der Waals surface area contributed by atoms with Crippen LogP contribution in [0, 0.1) is 17.7 Å². The Morgan fingerprint density at radius 1 is 1.27 bits per heavy atom. The van der Waals surface area contributed by atoms with Gasteiger partial charge in [0.25, 0.3) is 0 Å². The van der Waals surface area contributed by atoms with Gasteiger partial charge in [-0.15, -0.1) is 0 Å². The molecule has 0 aromatic heterocycles. The molecule has 2 bridgehead atoms. The van der Waals surface area contributed by atoms with Crippen LogP contribution in [0.3, 0.4) is 0 Å². The summed E-state index contributed by atoms with van der Waals surface area (Å²) in [4.78, 5) is 11.3. The lowest BCUT2D eigenvalue weighted by Gasteiger charge is -2.38. The molecular weight excluding hydrogens is 419 g/mol. The summed E-state index contributed by atoms with van der Waals surface area (Å²) in [6.45, 7) is 2.81. The van der Waals surface area contributed by atoms with Crippen molar-refractivity contribution < 1.29 is 23.8 Å². The first kappa shape index (κ1) is 25.6. The maximum atomic E-state index is 13.6. The molecule has 1 heterocycles. The number of aliphatic hydroxyl groups is 1. The Morgan fingerprint density at radius 2 is 2.06 bits per heavy atom. The van der Waals surface area contributed by atoms with Gasteiger partial charge in [0.1, 0.15) is 5.82 Å². The SMILES string of the molecule is CCCCC[C@H](O)/C=C/[C@@H]1[C@@H]2C[C@@](c3ccc(F)cc3)(CO2)[C@H]1C/C=C\CCCC(=O)OC. The van der Waals surface area contributed by atoms with Crippen LogP contribution >= 0.6 is 0 Å². The predicted octanol–water partition coefficient (Wildman–Crippen LogP) is 5.89. The molecule has 3 rings (SSSR count). The highest BCUT2D eigenvalue weighted by Crippen LogP contribution is 2.57. The molecule has 1 aromatic carbocycles. The number of carbonyl (C=O) groups excluding carboxylic acids is 1. The van der Waals surface area contributed by atoms with E-state index >= 15 is 0 Å². The van der Waals surface area contributed by atoms with Gasteiger partial charge < -0.3 is 14.6 Å². The molecule has 2 fully saturated rings. The van der Waals surface area contributed by atoms with Crippen LogP contribution in [0.2, 0.25) is 0 Å². The number of fused-ring (bicyclic) bond motifs is 2. The van der Waals surface area contributed by atoms with Crippen molar-refractivity contribution in [1.82, 2.24) is 0 Å². The number of benzene rings is 1. The number of hydrogen-bond acceptors (Lipinski definition) is 4. The van der Waals surface area contributed by atoms with E-state index in [-0.39, 0.29) is 29.2 Å². The predicted molar refractivity (Wildman–Crippen MR) is 128 cm³/mol. The Morgan fingerprint density at radius 3 is 2.79 bits per heavy atom. The van der Waals surface area contributed by atoms with Gasteiger partial charge in [-0.1, -0.05) is 62.6 Å². The van der Waals surface area contributed by atoms with Gasteiger partial charge in [-0.25, -0.2) is 4.39 Å². The van der Waals surface area contributed by atoms with Gasteiger partial charge >= 0.3 is 5.97 Å². The lowest BCUT2D eigenvalue weighted by molar-refractivity contribution is -0.140. The molecule has 0 unspecified atom stereocenters. The van der Waals surface area contributed by atoms with Crippen molar-refractivity contribution in [1.29, 1.82) is 0 Å². The van der Waals surface area contributed by atoms with E-state index in [0.717, 1.165) is 56.9 Å². The van der Waals surface area contributed by atoms with Crippen molar-refractivity contribution in [2.45, 2.75) is 82.3 Å². The molecule has 1 saturated heterocycles. The summed E-state index contributed by atoms with van der Waals surface area (Å²) in [5, 5.41) is 10.4. The lowest BCUT2D eigenvalue weighted by atomic mass is 9.69. The summed E-state index contributed by atoms with van der Waals surface area (Å²) in [6.07, 6.45) is 16.1. The minimum atomic E-state index is -0.424. The second-order valence-electron chi connectivity index (χ2n) is 9.52. The van der Waals surface area contributed by atoms with Crippen LogP contribution in [0.4, 0.5) is 4.39 Å². The van der Waals surface area contributed by atoms with E-state index in [1.807, 2.05) is 18.2 Å². The Bertz CT molecular complexity index is 803. The topological polar surface area (TPSA) is 55.8 Å². The van der Waals surface area contributed by atoms with E-state index in [2.05, 4.69) is 25.2 Å². The number of carbonyl (C=O) groups is 1. The second-order valence-corrected chi connectivity index (χ2v) is 9.52. The molecule has 1 N–H and O–H groups in total. The third-order valence-electron chi connectivity index (χ3n) is 7.34. The van der Waals surface area contributed by atoms with Crippen LogP contribution in [0.15, 0.2) is 48.6 Å². The number of allylic oxidation sites excluding steroid dienone is 2. The summed E-state index contributed by atoms with van der Waals surface area (Å²) < 4.78 is 24.5. The van der Waals surface area contributed by atoms with Crippen LogP contribution in [-0.2, 0) is 19.7 Å². The first-order valence-corrected chi connectivity index (χ1v) is 12.5. The zero-order valence-electron chi connectivity index (χ0n) is 20.0. The fraction of sp³-hybridized carbons (Fsp3) is 0.607. The van der Waals surface area contributed by atoms with Crippen molar-refractivity contribution in [3.8, 4) is 0 Å². The van der Waals surface area contributed by atoms with Gasteiger partial charge in [0.15, 0.2) is 0 Å². The number of methoxy groups -OCH3 is 1. The molecule has 4 nitrogen and oxygen atoms in total. The quantitative estimate of drug-likeness (QED) is 0.228. The Kier molecular flexibility index (Phi) is 9.69. The van der Waals surface area contributed by atoms with Crippen molar-refractivity contribution in [2.75, 3.05) is 13.7 Å². The van der Waals surface area contributed by atoms with Crippen LogP contribution in [0.1, 0.15) is 70.3 Å². The van der Waals surface area contributed by atoms with Gasteiger partial charge in [-0.3, -0.25) is 4.79 Å². The zero-order chi connectivity index (χ0) is 23.7. The molecule has 2 aliphatic rings. The number of ether oxygens (including phenoxy) is 2. The maximum Gasteiger partial charge on any atom is 0.305 e. The van der Waals surface area contributed by atoms with Gasteiger partial charge in [-0.2, -0.15) is 0 Å². The van der Waals surface area contributed by atoms with E-state index in [4.69, 9.17) is 9.47 Å². The molecule has 1 aliphatic heterocycles. The molecule has 0 radical (unpaired) electrons. The van der Waals surface area contributed by atoms with Crippen molar-refractivity contribution in [3.63, 3.8) is 0 Å². The molecule has 1 saturated carbocycles. The van der Waals surface area contributed by atoms with Crippen molar-refractivity contribution in [3.05, 3.63) is 60.0 Å². The summed E-state index contributed by atoms with van der Waals surface area (Å²) in [6, 6.07) is 6.88. The number of halogens is 1. The average Bonchev–Trinajstić information content (AvgIpc) is 3.38. The Balaban J connectivity index is 1.71. The summed E-state index contributed by atoms with van der Waals surface area (Å²) in [5.41, 5.74) is 0.992. The Labute approximate surface area is 197 Å². The van der Waals surface area contributed by atoms with Crippen LogP contribution in [0.5, 0.6) is 0 Å². The molecule has 1 aromatic rings. The third kappa shape index (κ3) is 6.54. The van der Waals surface area contributed by atoms with Gasteiger partial charge in [-0.05, 0) is 55.7 Å². The zero-order valence-corrected chi connectivity index (χ0v) is 20.0. The van der Waals surface area contributed by atoms with E-state index in [0.29, 0.717) is 18.9 Å². The van der Waals surface area contributed by atoms with Crippen molar-refractivity contribution in [2.24, 2.45) is 11.8 Å². The van der Waals surface area contributed by atoms with E-state index < -0.39 is 6.10 Å². The highest BCUT2D eigenvalue weighted by Gasteiger charge is 2.58. The van der Waals surface area contributed by atoms with Gasteiger partial charge in [0.05, 0.1) is 25.9 Å². The first-order valence-electron chi connectivity index (χ1n) is 12.5. The number of rotatable bonds is 13. The van der Waals surface area contributed by atoms with Gasteiger partial charge in [0, 0.05) is 17.8 Å². The molecule has 33 heavy (non-hydrogen) atoms. The molecule has 182 valence electrons. The van der Waals surface area contributed by atoms with Crippen molar-refractivity contribution >= 4 is 5.97 Å². The highest BCUT2D eigenvalue weighted by atomic mass is 19.1. The highest BCUT2D eigenvalue weighted by molar-refractivity contribution is 5.69. The summed E-state index contributed by atoms with van der Waals surface area (Å²) in [5.74, 6) is 0.130. The fourth-order valence-corrected chi connectivity index (χ4v) is 5.49. The van der Waals surface area contributed by atoms with Gasteiger partial charge in [0.2, 0.25) is 0 Å². The molecular formula is C28H39FO4. The summed E-state index contributed by atoms with van der Waals surface area (Å²) >= 11 is 0. The number of unbranched alkanes of at least 4 members (excludes halogenated alkanes) is 3. The number of hydrogen-bond donors (Lipinski definition) is 1. The lowest BCUT2D eigenvalue weighted by Crippen LogP contribution is -2.39. The average molecular weight is 459 g/mol. The van der Waals surface area contributed by atoms with Crippen LogP contribution < -0.4 is 0 Å². The second kappa shape index (κ2) is 12.5. The first-order chi connectivity index (χ1) is 16.0. The number of esters is 1. The molecule has 1 aliphatic carbocycles. The molecule has 5 atom stereocenters. The third-order valence-corrected chi connectivity index (χ3v) is 7.34. The minimum absolute atomic E-state index is 0.117. The minimum Gasteiger partial charge on any atom is -0.469 e. The molecule has 0 spiro atoms. The van der Waals surface area contributed by atoms with Crippen LogP contribution in [-0.4, -0.2) is 37.0 Å². The van der Waals surface area contributed by atoms with E-state index in [9.17, 15) is 14.3 Å². The van der Waals surface area contributed by atoms with E-state index in [1.54, 1.807) is 0 Å². The summed E-state index contributed by atoms with van der Waals surface area (Å²) in [7, 11) is 1.42. The standard InChI is InChI=1S/C28H39FO4/c1-3-4-7-10-23(30)17-18-24-25(11-8-5-6-9-12-27(31)32-2)28(19-26(24)33-20-28)21-13-15-22(29)16-14-21/h5,8,13-18,23-26,30H,3-4,6-7,9-12,19-20H2,1-2H3/b8-5-,18-17+/t23-,24-,25-,26-,28-/m0/s1. The normalized spacial score (nSPS) is 27.6.